The Morgan fingerprint density at radius 2 is 1.59 bits per heavy atom. The average molecular weight is 438 g/mol. The Labute approximate surface area is 189 Å². The molecule has 2 aromatic rings. The first-order valence-electron chi connectivity index (χ1n) is 11.2. The van der Waals surface area contributed by atoms with E-state index in [1.165, 1.54) is 22.3 Å². The Hall–Kier alpha value is -2.86. The molecule has 1 heterocycles. The summed E-state index contributed by atoms with van der Waals surface area (Å²) in [5.41, 5.74) is 4.26. The van der Waals surface area contributed by atoms with E-state index in [0.717, 1.165) is 12.8 Å². The Morgan fingerprint density at radius 3 is 2.22 bits per heavy atom. The Bertz CT molecular complexity index is 935. The number of rotatable bonds is 6. The van der Waals surface area contributed by atoms with Crippen LogP contribution < -0.4 is 0 Å². The van der Waals surface area contributed by atoms with Crippen molar-refractivity contribution in [3.8, 4) is 11.1 Å². The van der Waals surface area contributed by atoms with E-state index in [-0.39, 0.29) is 24.7 Å². The molecule has 1 fully saturated rings. The minimum Gasteiger partial charge on any atom is -0.458 e. The summed E-state index contributed by atoms with van der Waals surface area (Å²) in [5.74, 6) is -0.362. The van der Waals surface area contributed by atoms with Gasteiger partial charge in [-0.15, -0.1) is 0 Å². The smallest absolute Gasteiger partial charge is 0.410 e. The highest BCUT2D eigenvalue weighted by molar-refractivity contribution is 5.79. The summed E-state index contributed by atoms with van der Waals surface area (Å²) in [5, 5.41) is 0. The SMILES string of the molecule is CC(C)(C)OC(=O)COC[C@H]1CCCN1C(=O)OCC1c2ccccc2-c2ccccc21. The lowest BCUT2D eigenvalue weighted by molar-refractivity contribution is -0.160. The van der Waals surface area contributed by atoms with E-state index in [1.807, 2.05) is 45.0 Å². The second-order valence-electron chi connectivity index (χ2n) is 9.40. The molecule has 1 amide bonds. The van der Waals surface area contributed by atoms with Crippen LogP contribution in [0.3, 0.4) is 0 Å². The lowest BCUT2D eigenvalue weighted by Gasteiger charge is -2.25. The van der Waals surface area contributed by atoms with Gasteiger partial charge < -0.3 is 19.1 Å². The zero-order chi connectivity index (χ0) is 22.7. The number of esters is 1. The van der Waals surface area contributed by atoms with E-state index in [2.05, 4.69) is 24.3 Å². The minimum absolute atomic E-state index is 0.0378. The highest BCUT2D eigenvalue weighted by Gasteiger charge is 2.33. The van der Waals surface area contributed by atoms with Gasteiger partial charge in [-0.2, -0.15) is 0 Å². The van der Waals surface area contributed by atoms with Crippen LogP contribution >= 0.6 is 0 Å². The van der Waals surface area contributed by atoms with Crippen molar-refractivity contribution < 1.29 is 23.8 Å². The predicted molar refractivity (Wildman–Crippen MR) is 121 cm³/mol. The van der Waals surface area contributed by atoms with Gasteiger partial charge in [0.1, 0.15) is 18.8 Å². The van der Waals surface area contributed by atoms with Crippen LogP contribution in [0.4, 0.5) is 4.79 Å². The van der Waals surface area contributed by atoms with Gasteiger partial charge in [-0.05, 0) is 55.9 Å². The third-order valence-corrected chi connectivity index (χ3v) is 5.90. The fourth-order valence-corrected chi connectivity index (χ4v) is 4.58. The van der Waals surface area contributed by atoms with Crippen molar-refractivity contribution in [1.29, 1.82) is 0 Å². The molecule has 6 nitrogen and oxygen atoms in total. The molecular weight excluding hydrogens is 406 g/mol. The first kappa shape index (κ1) is 22.3. The summed E-state index contributed by atoms with van der Waals surface area (Å²) >= 11 is 0. The second-order valence-corrected chi connectivity index (χ2v) is 9.40. The molecule has 2 aliphatic rings. The van der Waals surface area contributed by atoms with Crippen molar-refractivity contribution in [3.05, 3.63) is 59.7 Å². The Balaban J connectivity index is 1.33. The van der Waals surface area contributed by atoms with E-state index in [9.17, 15) is 9.59 Å². The first-order valence-corrected chi connectivity index (χ1v) is 11.2. The molecule has 6 heteroatoms. The van der Waals surface area contributed by atoms with Gasteiger partial charge in [-0.3, -0.25) is 0 Å². The topological polar surface area (TPSA) is 65.1 Å². The summed E-state index contributed by atoms with van der Waals surface area (Å²) in [6.07, 6.45) is 1.40. The average Bonchev–Trinajstić information content (AvgIpc) is 3.34. The van der Waals surface area contributed by atoms with Gasteiger partial charge in [0, 0.05) is 12.5 Å². The lowest BCUT2D eigenvalue weighted by atomic mass is 9.98. The molecule has 1 aliphatic carbocycles. The third kappa shape index (κ3) is 4.96. The van der Waals surface area contributed by atoms with Crippen LogP contribution in [0.5, 0.6) is 0 Å². The van der Waals surface area contributed by atoms with Crippen LogP contribution in [0.1, 0.15) is 50.7 Å². The van der Waals surface area contributed by atoms with Crippen LogP contribution in [-0.2, 0) is 19.0 Å². The molecule has 1 aliphatic heterocycles. The third-order valence-electron chi connectivity index (χ3n) is 5.90. The number of carbonyl (C=O) groups is 2. The summed E-state index contributed by atoms with van der Waals surface area (Å²) in [6, 6.07) is 16.5. The normalized spacial score (nSPS) is 17.7. The standard InChI is InChI=1S/C26H31NO5/c1-26(2,3)32-24(28)17-30-15-18-9-8-14-27(18)25(29)31-16-23-21-12-6-4-10-19(21)20-11-5-7-13-22(20)23/h4-7,10-13,18,23H,8-9,14-17H2,1-3H3/t18-/m1/s1. The van der Waals surface area contributed by atoms with E-state index < -0.39 is 11.6 Å². The van der Waals surface area contributed by atoms with Crippen LogP contribution in [0.25, 0.3) is 11.1 Å². The molecule has 4 rings (SSSR count). The zero-order valence-electron chi connectivity index (χ0n) is 19.0. The molecule has 170 valence electrons. The van der Waals surface area contributed by atoms with E-state index in [4.69, 9.17) is 14.2 Å². The number of hydrogen-bond donors (Lipinski definition) is 0. The van der Waals surface area contributed by atoms with Gasteiger partial charge in [0.15, 0.2) is 0 Å². The van der Waals surface area contributed by atoms with Crippen LogP contribution in [-0.4, -0.2) is 55.0 Å². The number of amides is 1. The van der Waals surface area contributed by atoms with Crippen LogP contribution in [0, 0.1) is 0 Å². The number of likely N-dealkylation sites (tertiary alicyclic amines) is 1. The highest BCUT2D eigenvalue weighted by atomic mass is 16.6. The monoisotopic (exact) mass is 437 g/mol. The first-order chi connectivity index (χ1) is 15.3. The molecule has 0 aromatic heterocycles. The Kier molecular flexibility index (Phi) is 6.51. The molecular formula is C26H31NO5. The number of nitrogens with zero attached hydrogens (tertiary/aromatic N) is 1. The number of hydrogen-bond acceptors (Lipinski definition) is 5. The molecule has 2 aromatic carbocycles. The predicted octanol–water partition coefficient (Wildman–Crippen LogP) is 4.76. The largest absolute Gasteiger partial charge is 0.458 e. The number of carbonyl (C=O) groups excluding carboxylic acids is 2. The van der Waals surface area contributed by atoms with Crippen molar-refractivity contribution in [1.82, 2.24) is 4.90 Å². The minimum atomic E-state index is -0.541. The van der Waals surface area contributed by atoms with Crippen molar-refractivity contribution in [2.75, 3.05) is 26.4 Å². The van der Waals surface area contributed by atoms with E-state index in [0.29, 0.717) is 19.8 Å². The maximum Gasteiger partial charge on any atom is 0.410 e. The molecule has 0 radical (unpaired) electrons. The second kappa shape index (κ2) is 9.33. The lowest BCUT2D eigenvalue weighted by Crippen LogP contribution is -2.39. The fourth-order valence-electron chi connectivity index (χ4n) is 4.58. The summed E-state index contributed by atoms with van der Waals surface area (Å²) in [6.45, 7) is 6.57. The summed E-state index contributed by atoms with van der Waals surface area (Å²) in [7, 11) is 0. The fraction of sp³-hybridized carbons (Fsp3) is 0.462. The number of fused-ring (bicyclic) bond motifs is 3. The van der Waals surface area contributed by atoms with Crippen molar-refractivity contribution in [2.45, 2.75) is 51.2 Å². The van der Waals surface area contributed by atoms with Gasteiger partial charge in [-0.1, -0.05) is 48.5 Å². The zero-order valence-corrected chi connectivity index (χ0v) is 19.0. The summed E-state index contributed by atoms with van der Waals surface area (Å²) in [4.78, 5) is 26.4. The van der Waals surface area contributed by atoms with Gasteiger partial charge in [0.2, 0.25) is 0 Å². The van der Waals surface area contributed by atoms with Crippen molar-refractivity contribution in [2.24, 2.45) is 0 Å². The van der Waals surface area contributed by atoms with Gasteiger partial charge in [-0.25, -0.2) is 9.59 Å². The molecule has 0 N–H and O–H groups in total. The van der Waals surface area contributed by atoms with Crippen LogP contribution in [0.15, 0.2) is 48.5 Å². The molecule has 0 spiro atoms. The molecule has 0 saturated carbocycles. The van der Waals surface area contributed by atoms with Gasteiger partial charge in [0.25, 0.3) is 0 Å². The molecule has 0 bridgehead atoms. The van der Waals surface area contributed by atoms with E-state index >= 15 is 0 Å². The number of ether oxygens (including phenoxy) is 3. The molecule has 1 atom stereocenters. The Morgan fingerprint density at radius 1 is 0.969 bits per heavy atom. The maximum absolute atomic E-state index is 12.9. The molecule has 32 heavy (non-hydrogen) atoms. The van der Waals surface area contributed by atoms with Crippen molar-refractivity contribution in [3.63, 3.8) is 0 Å². The molecule has 0 unspecified atom stereocenters. The van der Waals surface area contributed by atoms with Gasteiger partial charge in [0.05, 0.1) is 12.6 Å². The van der Waals surface area contributed by atoms with Crippen LogP contribution in [0.2, 0.25) is 0 Å². The maximum atomic E-state index is 12.9. The quantitative estimate of drug-likeness (QED) is 0.610. The highest BCUT2D eigenvalue weighted by Crippen LogP contribution is 2.44. The van der Waals surface area contributed by atoms with E-state index in [1.54, 1.807) is 4.90 Å². The van der Waals surface area contributed by atoms with Gasteiger partial charge >= 0.3 is 12.1 Å². The molecule has 1 saturated heterocycles. The van der Waals surface area contributed by atoms with Crippen molar-refractivity contribution >= 4 is 12.1 Å². The summed E-state index contributed by atoms with van der Waals surface area (Å²) < 4.78 is 16.6. The number of benzene rings is 2.